The molecule has 1 aliphatic heterocycles. The van der Waals surface area contributed by atoms with Gasteiger partial charge in [0, 0.05) is 0 Å². The van der Waals surface area contributed by atoms with E-state index in [1.165, 1.54) is 11.1 Å². The Hall–Kier alpha value is -2.62. The summed E-state index contributed by atoms with van der Waals surface area (Å²) in [5.41, 5.74) is 6.40. The Balaban J connectivity index is 1.89. The minimum atomic E-state index is 0.777. The summed E-state index contributed by atoms with van der Waals surface area (Å²) in [6.45, 7) is 4.22. The largest absolute Gasteiger partial charge is 0.335 e. The van der Waals surface area contributed by atoms with Crippen molar-refractivity contribution < 1.29 is 0 Å². The van der Waals surface area contributed by atoms with Crippen LogP contribution in [0, 0.1) is 13.8 Å². The van der Waals surface area contributed by atoms with Crippen LogP contribution < -0.4 is 10.6 Å². The molecule has 0 unspecified atom stereocenters. The molecule has 4 nitrogen and oxygen atoms in total. The van der Waals surface area contributed by atoms with Gasteiger partial charge in [0.05, 0.1) is 22.4 Å². The third-order valence-corrected chi connectivity index (χ3v) is 3.71. The predicted octanol–water partition coefficient (Wildman–Crippen LogP) is 4.05. The highest BCUT2D eigenvalue weighted by Crippen LogP contribution is 2.38. The highest BCUT2D eigenvalue weighted by molar-refractivity contribution is 5.91. The van der Waals surface area contributed by atoms with E-state index in [0.29, 0.717) is 0 Å². The fourth-order valence-corrected chi connectivity index (χ4v) is 2.45. The van der Waals surface area contributed by atoms with Gasteiger partial charge in [-0.2, -0.15) is 0 Å². The van der Waals surface area contributed by atoms with E-state index in [9.17, 15) is 0 Å². The molecule has 1 aliphatic rings. The topological polar surface area (TPSA) is 49.8 Å². The van der Waals surface area contributed by atoms with E-state index in [1.54, 1.807) is 0 Å². The van der Waals surface area contributed by atoms with Gasteiger partial charge in [-0.15, -0.1) is 0 Å². The van der Waals surface area contributed by atoms with Gasteiger partial charge in [-0.05, 0) is 49.2 Å². The van der Waals surface area contributed by atoms with Gasteiger partial charge in [-0.25, -0.2) is 9.97 Å². The van der Waals surface area contributed by atoms with Crippen LogP contribution in [0.5, 0.6) is 0 Å². The highest BCUT2D eigenvalue weighted by Gasteiger charge is 2.18. The second kappa shape index (κ2) is 3.93. The molecule has 0 fully saturated rings. The summed E-state index contributed by atoms with van der Waals surface area (Å²) in [5.74, 6) is 1.55. The number of aromatic nitrogens is 2. The number of anilines is 4. The molecule has 0 saturated heterocycles. The zero-order valence-electron chi connectivity index (χ0n) is 11.4. The first-order chi connectivity index (χ1) is 9.70. The lowest BCUT2D eigenvalue weighted by atomic mass is 10.1. The van der Waals surface area contributed by atoms with E-state index in [2.05, 4.69) is 46.6 Å². The van der Waals surface area contributed by atoms with Crippen molar-refractivity contribution in [3.05, 3.63) is 47.5 Å². The summed E-state index contributed by atoms with van der Waals surface area (Å²) >= 11 is 0. The monoisotopic (exact) mass is 262 g/mol. The van der Waals surface area contributed by atoms with E-state index in [-0.39, 0.29) is 0 Å². The van der Waals surface area contributed by atoms with Crippen LogP contribution in [-0.2, 0) is 0 Å². The van der Waals surface area contributed by atoms with Gasteiger partial charge >= 0.3 is 0 Å². The summed E-state index contributed by atoms with van der Waals surface area (Å²) in [6, 6.07) is 12.2. The van der Waals surface area contributed by atoms with Crippen molar-refractivity contribution in [2.24, 2.45) is 0 Å². The number of hydrogen-bond acceptors (Lipinski definition) is 4. The summed E-state index contributed by atoms with van der Waals surface area (Å²) in [5, 5.41) is 6.73. The lowest BCUT2D eigenvalue weighted by Crippen LogP contribution is -2.10. The zero-order chi connectivity index (χ0) is 13.7. The molecule has 3 aromatic rings. The van der Waals surface area contributed by atoms with Gasteiger partial charge in [0.15, 0.2) is 11.6 Å². The number of rotatable bonds is 0. The summed E-state index contributed by atoms with van der Waals surface area (Å²) in [7, 11) is 0. The van der Waals surface area contributed by atoms with E-state index in [4.69, 9.17) is 0 Å². The van der Waals surface area contributed by atoms with Crippen LogP contribution in [0.4, 0.5) is 23.0 Å². The van der Waals surface area contributed by atoms with Crippen molar-refractivity contribution >= 4 is 34.0 Å². The molecular formula is C16H14N4. The molecule has 0 saturated carbocycles. The number of nitrogens with one attached hydrogen (secondary N) is 2. The zero-order valence-corrected chi connectivity index (χ0v) is 11.4. The Morgan fingerprint density at radius 2 is 1.20 bits per heavy atom. The number of benzene rings is 2. The second-order valence-corrected chi connectivity index (χ2v) is 5.14. The van der Waals surface area contributed by atoms with Crippen molar-refractivity contribution in [3.8, 4) is 0 Å². The van der Waals surface area contributed by atoms with Crippen molar-refractivity contribution in [1.82, 2.24) is 9.97 Å². The van der Waals surface area contributed by atoms with E-state index < -0.39 is 0 Å². The molecule has 2 N–H and O–H groups in total. The maximum absolute atomic E-state index is 4.63. The minimum absolute atomic E-state index is 0.777. The summed E-state index contributed by atoms with van der Waals surface area (Å²) < 4.78 is 0. The number of nitrogens with zero attached hydrogens (tertiary/aromatic N) is 2. The van der Waals surface area contributed by atoms with Crippen LogP contribution in [0.1, 0.15) is 11.1 Å². The van der Waals surface area contributed by atoms with Gasteiger partial charge in [0.2, 0.25) is 0 Å². The normalized spacial score (nSPS) is 12.3. The number of fused-ring (bicyclic) bond motifs is 3. The van der Waals surface area contributed by atoms with Crippen LogP contribution in [0.2, 0.25) is 0 Å². The van der Waals surface area contributed by atoms with E-state index in [0.717, 1.165) is 34.0 Å². The highest BCUT2D eigenvalue weighted by atomic mass is 15.2. The molecule has 2 heterocycles. The van der Waals surface area contributed by atoms with Crippen molar-refractivity contribution in [3.63, 3.8) is 0 Å². The number of hydrogen-bond donors (Lipinski definition) is 2. The van der Waals surface area contributed by atoms with Crippen molar-refractivity contribution in [2.75, 3.05) is 10.6 Å². The Morgan fingerprint density at radius 3 is 1.65 bits per heavy atom. The molecule has 0 aliphatic carbocycles. The molecule has 0 spiro atoms. The smallest absolute Gasteiger partial charge is 0.174 e. The molecule has 2 aromatic carbocycles. The lowest BCUT2D eigenvalue weighted by molar-refractivity contribution is 1.23. The van der Waals surface area contributed by atoms with Gasteiger partial charge in [0.1, 0.15) is 0 Å². The number of para-hydroxylation sites is 2. The Morgan fingerprint density at radius 1 is 0.750 bits per heavy atom. The average Bonchev–Trinajstić information content (AvgIpc) is 2.44. The fourth-order valence-electron chi connectivity index (χ4n) is 2.45. The minimum Gasteiger partial charge on any atom is -0.335 e. The second-order valence-electron chi connectivity index (χ2n) is 5.14. The van der Waals surface area contributed by atoms with Crippen LogP contribution in [0.3, 0.4) is 0 Å². The summed E-state index contributed by atoms with van der Waals surface area (Å²) in [6.07, 6.45) is 0. The first kappa shape index (κ1) is 11.2. The molecule has 4 rings (SSSR count). The maximum Gasteiger partial charge on any atom is 0.174 e. The van der Waals surface area contributed by atoms with E-state index in [1.807, 2.05) is 24.3 Å². The molecule has 0 atom stereocenters. The van der Waals surface area contributed by atoms with Gasteiger partial charge in [0.25, 0.3) is 0 Å². The molecule has 98 valence electrons. The SMILES string of the molecule is Cc1cc2c(cc1C)Nc1nc3ccccc3nc1N2. The third-order valence-electron chi connectivity index (χ3n) is 3.71. The Kier molecular flexibility index (Phi) is 2.21. The quantitative estimate of drug-likeness (QED) is 0.502. The molecule has 20 heavy (non-hydrogen) atoms. The first-order valence-electron chi connectivity index (χ1n) is 6.63. The predicted molar refractivity (Wildman–Crippen MR) is 82.0 cm³/mol. The van der Waals surface area contributed by atoms with Gasteiger partial charge in [-0.3, -0.25) is 0 Å². The maximum atomic E-state index is 4.63. The average molecular weight is 262 g/mol. The fraction of sp³-hybridized carbons (Fsp3) is 0.125. The van der Waals surface area contributed by atoms with Gasteiger partial charge < -0.3 is 10.6 Å². The van der Waals surface area contributed by atoms with Crippen LogP contribution >= 0.6 is 0 Å². The molecular weight excluding hydrogens is 248 g/mol. The van der Waals surface area contributed by atoms with Gasteiger partial charge in [-0.1, -0.05) is 12.1 Å². The molecule has 0 radical (unpaired) electrons. The van der Waals surface area contributed by atoms with E-state index >= 15 is 0 Å². The van der Waals surface area contributed by atoms with Crippen LogP contribution in [0.15, 0.2) is 36.4 Å². The molecule has 4 heteroatoms. The van der Waals surface area contributed by atoms with Crippen LogP contribution in [-0.4, -0.2) is 9.97 Å². The first-order valence-corrected chi connectivity index (χ1v) is 6.63. The molecule has 0 bridgehead atoms. The van der Waals surface area contributed by atoms with Crippen molar-refractivity contribution in [2.45, 2.75) is 13.8 Å². The summed E-state index contributed by atoms with van der Waals surface area (Å²) in [4.78, 5) is 9.26. The Bertz CT molecular complexity index is 770. The van der Waals surface area contributed by atoms with Crippen molar-refractivity contribution in [1.29, 1.82) is 0 Å². The third kappa shape index (κ3) is 1.61. The Labute approximate surface area is 116 Å². The number of aryl methyl sites for hydroxylation is 2. The van der Waals surface area contributed by atoms with Crippen LogP contribution in [0.25, 0.3) is 11.0 Å². The standard InChI is InChI=1S/C16H14N4/c1-9-7-13-14(8-10(9)2)20-16-15(19-13)17-11-5-3-4-6-12(11)18-16/h3-8H,1-2H3,(H,17,19)(H,18,20). The molecule has 1 aromatic heterocycles. The lowest BCUT2D eigenvalue weighted by Gasteiger charge is -2.22. The molecule has 0 amide bonds.